The number of nitrogens with zero attached hydrogens (tertiary/aromatic N) is 4. The number of aromatic nitrogens is 4. The molecule has 0 radical (unpaired) electrons. The first-order valence-electron chi connectivity index (χ1n) is 9.96. The Kier molecular flexibility index (Phi) is 6.43. The maximum atomic E-state index is 13.1. The molecular formula is C22H21FN4O3S. The van der Waals surface area contributed by atoms with Crippen molar-refractivity contribution in [3.05, 3.63) is 70.3 Å². The molecule has 4 rings (SSSR count). The fraction of sp³-hybridized carbons (Fsp3) is 0.273. The quantitative estimate of drug-likeness (QED) is 0.225. The van der Waals surface area contributed by atoms with E-state index in [1.807, 2.05) is 25.1 Å². The normalized spacial score (nSPS) is 11.4. The van der Waals surface area contributed by atoms with Gasteiger partial charge in [-0.1, -0.05) is 23.9 Å². The number of fused-ring (bicyclic) bond motifs is 3. The lowest BCUT2D eigenvalue weighted by atomic mass is 10.1. The summed E-state index contributed by atoms with van der Waals surface area (Å²) in [6.07, 6.45) is 0.667. The Hall–Kier alpha value is -3.04. The molecular weight excluding hydrogens is 419 g/mol. The van der Waals surface area contributed by atoms with Crippen LogP contribution in [0.1, 0.15) is 23.7 Å². The van der Waals surface area contributed by atoms with Crippen LogP contribution < -0.4 is 5.56 Å². The molecule has 0 atom stereocenters. The molecule has 0 spiro atoms. The summed E-state index contributed by atoms with van der Waals surface area (Å²) in [5.74, 6) is 0.0129. The number of ether oxygens (including phenoxy) is 1. The molecule has 4 aromatic rings. The summed E-state index contributed by atoms with van der Waals surface area (Å²) in [6.45, 7) is 3.54. The molecule has 31 heavy (non-hydrogen) atoms. The lowest BCUT2D eigenvalue weighted by Gasteiger charge is -2.11. The molecule has 0 amide bonds. The molecule has 0 saturated carbocycles. The van der Waals surface area contributed by atoms with Gasteiger partial charge >= 0.3 is 0 Å². The van der Waals surface area contributed by atoms with Crippen molar-refractivity contribution in [2.75, 3.05) is 19.0 Å². The van der Waals surface area contributed by atoms with Crippen LogP contribution in [0, 0.1) is 5.82 Å². The van der Waals surface area contributed by atoms with Crippen LogP contribution in [0.5, 0.6) is 0 Å². The number of Topliss-reactive ketones (excluding diaryl/α,β-unsaturated/α-hetero) is 1. The average Bonchev–Trinajstić information content (AvgIpc) is 3.21. The van der Waals surface area contributed by atoms with E-state index >= 15 is 0 Å². The van der Waals surface area contributed by atoms with Gasteiger partial charge in [0, 0.05) is 25.3 Å². The van der Waals surface area contributed by atoms with Crippen LogP contribution in [0.25, 0.3) is 16.7 Å². The van der Waals surface area contributed by atoms with E-state index in [0.717, 1.165) is 0 Å². The summed E-state index contributed by atoms with van der Waals surface area (Å²) >= 11 is 1.23. The van der Waals surface area contributed by atoms with E-state index in [4.69, 9.17) is 4.74 Å². The SMILES string of the molecule is CCOCCCn1c(=O)c2ccccc2n2c(SCC(=O)c3ccc(F)cc3)nnc12. The van der Waals surface area contributed by atoms with Gasteiger partial charge in [0.25, 0.3) is 5.56 Å². The Bertz CT molecular complexity index is 1280. The predicted molar refractivity (Wildman–Crippen MR) is 117 cm³/mol. The number of halogens is 1. The van der Waals surface area contributed by atoms with Crippen LogP contribution in [-0.2, 0) is 11.3 Å². The molecule has 0 aliphatic rings. The van der Waals surface area contributed by atoms with Gasteiger partial charge < -0.3 is 4.74 Å². The molecule has 2 aromatic carbocycles. The van der Waals surface area contributed by atoms with Gasteiger partial charge in [0.15, 0.2) is 10.9 Å². The second-order valence-electron chi connectivity index (χ2n) is 6.86. The zero-order valence-electron chi connectivity index (χ0n) is 17.0. The summed E-state index contributed by atoms with van der Waals surface area (Å²) < 4.78 is 21.9. The predicted octanol–water partition coefficient (Wildman–Crippen LogP) is 3.58. The second kappa shape index (κ2) is 9.40. The Morgan fingerprint density at radius 1 is 1.13 bits per heavy atom. The second-order valence-corrected chi connectivity index (χ2v) is 7.80. The van der Waals surface area contributed by atoms with E-state index in [0.29, 0.717) is 53.6 Å². The highest BCUT2D eigenvalue weighted by molar-refractivity contribution is 7.99. The molecule has 0 fully saturated rings. The largest absolute Gasteiger partial charge is 0.382 e. The highest BCUT2D eigenvalue weighted by atomic mass is 32.2. The zero-order valence-corrected chi connectivity index (χ0v) is 17.8. The Morgan fingerprint density at radius 2 is 1.90 bits per heavy atom. The van der Waals surface area contributed by atoms with Crippen LogP contribution in [0.4, 0.5) is 4.39 Å². The maximum Gasteiger partial charge on any atom is 0.262 e. The fourth-order valence-corrected chi connectivity index (χ4v) is 4.18. The first-order chi connectivity index (χ1) is 15.1. The molecule has 2 aromatic heterocycles. The number of para-hydroxylation sites is 1. The minimum Gasteiger partial charge on any atom is -0.382 e. The van der Waals surface area contributed by atoms with Gasteiger partial charge in [-0.25, -0.2) is 4.39 Å². The number of hydrogen-bond acceptors (Lipinski definition) is 6. The monoisotopic (exact) mass is 440 g/mol. The van der Waals surface area contributed by atoms with Crippen LogP contribution in [0.3, 0.4) is 0 Å². The topological polar surface area (TPSA) is 78.5 Å². The molecule has 7 nitrogen and oxygen atoms in total. The van der Waals surface area contributed by atoms with Gasteiger partial charge in [-0.2, -0.15) is 0 Å². The third-order valence-electron chi connectivity index (χ3n) is 4.85. The van der Waals surface area contributed by atoms with E-state index in [1.165, 1.54) is 36.0 Å². The average molecular weight is 441 g/mol. The van der Waals surface area contributed by atoms with Gasteiger partial charge in [0.1, 0.15) is 5.82 Å². The fourth-order valence-electron chi connectivity index (χ4n) is 3.35. The number of hydrogen-bond donors (Lipinski definition) is 0. The Labute approximate surface area is 181 Å². The highest BCUT2D eigenvalue weighted by Gasteiger charge is 2.18. The minimum absolute atomic E-state index is 0.115. The third kappa shape index (κ3) is 4.38. The smallest absolute Gasteiger partial charge is 0.262 e. The van der Waals surface area contributed by atoms with E-state index in [1.54, 1.807) is 15.0 Å². The first kappa shape index (κ1) is 21.2. The molecule has 0 aliphatic heterocycles. The third-order valence-corrected chi connectivity index (χ3v) is 5.78. The Morgan fingerprint density at radius 3 is 2.68 bits per heavy atom. The molecule has 160 valence electrons. The maximum absolute atomic E-state index is 13.1. The number of thioether (sulfide) groups is 1. The molecule has 0 bridgehead atoms. The van der Waals surface area contributed by atoms with Gasteiger partial charge in [0.2, 0.25) is 5.78 Å². The summed E-state index contributed by atoms with van der Waals surface area (Å²) in [5, 5.41) is 9.56. The van der Waals surface area contributed by atoms with Crippen molar-refractivity contribution in [1.82, 2.24) is 19.2 Å². The molecule has 0 saturated heterocycles. The van der Waals surface area contributed by atoms with E-state index < -0.39 is 0 Å². The van der Waals surface area contributed by atoms with Crippen molar-refractivity contribution in [3.8, 4) is 0 Å². The Balaban J connectivity index is 1.68. The molecule has 9 heteroatoms. The standard InChI is InChI=1S/C22H21FN4O3S/c1-2-30-13-5-12-26-20(29)17-6-3-4-7-18(17)27-21(26)24-25-22(27)31-14-19(28)15-8-10-16(23)11-9-15/h3-4,6-11H,2,5,12-14H2,1H3. The van der Waals surface area contributed by atoms with E-state index in [-0.39, 0.29) is 22.9 Å². The van der Waals surface area contributed by atoms with Crippen molar-refractivity contribution >= 4 is 34.2 Å². The number of ketones is 1. The number of benzene rings is 2. The van der Waals surface area contributed by atoms with Crippen molar-refractivity contribution in [3.63, 3.8) is 0 Å². The van der Waals surface area contributed by atoms with E-state index in [2.05, 4.69) is 10.2 Å². The highest BCUT2D eigenvalue weighted by Crippen LogP contribution is 2.22. The lowest BCUT2D eigenvalue weighted by Crippen LogP contribution is -2.24. The summed E-state index contributed by atoms with van der Waals surface area (Å²) in [7, 11) is 0. The number of carbonyl (C=O) groups is 1. The molecule has 0 N–H and O–H groups in total. The molecule has 2 heterocycles. The molecule has 0 aliphatic carbocycles. The van der Waals surface area contributed by atoms with Gasteiger partial charge in [0.05, 0.1) is 16.7 Å². The summed E-state index contributed by atoms with van der Waals surface area (Å²) in [6, 6.07) is 12.7. The van der Waals surface area contributed by atoms with Crippen molar-refractivity contribution in [1.29, 1.82) is 0 Å². The molecule has 0 unspecified atom stereocenters. The summed E-state index contributed by atoms with van der Waals surface area (Å²) in [5.41, 5.74) is 0.983. The van der Waals surface area contributed by atoms with Crippen molar-refractivity contribution in [2.45, 2.75) is 25.0 Å². The van der Waals surface area contributed by atoms with Gasteiger partial charge in [-0.05, 0) is 49.7 Å². The van der Waals surface area contributed by atoms with Crippen LogP contribution >= 0.6 is 11.8 Å². The number of rotatable bonds is 9. The van der Waals surface area contributed by atoms with Gasteiger partial charge in [-0.15, -0.1) is 10.2 Å². The summed E-state index contributed by atoms with van der Waals surface area (Å²) in [4.78, 5) is 25.5. The lowest BCUT2D eigenvalue weighted by molar-refractivity contribution is 0.102. The number of aryl methyl sites for hydroxylation is 1. The van der Waals surface area contributed by atoms with Crippen LogP contribution in [0.2, 0.25) is 0 Å². The van der Waals surface area contributed by atoms with Gasteiger partial charge in [-0.3, -0.25) is 18.6 Å². The van der Waals surface area contributed by atoms with Crippen molar-refractivity contribution < 1.29 is 13.9 Å². The number of carbonyl (C=O) groups excluding carboxylic acids is 1. The minimum atomic E-state index is -0.388. The van der Waals surface area contributed by atoms with Crippen LogP contribution in [0.15, 0.2) is 58.5 Å². The van der Waals surface area contributed by atoms with Crippen LogP contribution in [-0.4, -0.2) is 43.9 Å². The zero-order chi connectivity index (χ0) is 21.8. The van der Waals surface area contributed by atoms with E-state index in [9.17, 15) is 14.0 Å². The first-order valence-corrected chi connectivity index (χ1v) is 10.9. The van der Waals surface area contributed by atoms with Crippen molar-refractivity contribution in [2.24, 2.45) is 0 Å².